The largest absolute Gasteiger partial charge is 0.329 e. The molecule has 96 valence electrons. The molecule has 0 aliphatic heterocycles. The molecule has 17 heavy (non-hydrogen) atoms. The highest BCUT2D eigenvalue weighted by Gasteiger charge is 2.22. The molecule has 1 aromatic rings. The first-order valence-electron chi connectivity index (χ1n) is 5.81. The lowest BCUT2D eigenvalue weighted by Crippen LogP contribution is -2.32. The molecule has 0 spiro atoms. The van der Waals surface area contributed by atoms with Gasteiger partial charge >= 0.3 is 0 Å². The molecule has 0 unspecified atom stereocenters. The predicted octanol–water partition coefficient (Wildman–Crippen LogP) is 2.21. The number of nitrogens with zero attached hydrogens (tertiary/aromatic N) is 3. The molecule has 0 saturated heterocycles. The number of hydrogen-bond acceptors (Lipinski definition) is 3. The topological polar surface area (TPSA) is 38.1 Å². The molecule has 0 aromatic carbocycles. The Kier molecular flexibility index (Phi) is 5.05. The fourth-order valence-corrected chi connectivity index (χ4v) is 2.45. The van der Waals surface area contributed by atoms with E-state index in [0.29, 0.717) is 0 Å². The van der Waals surface area contributed by atoms with Crippen LogP contribution in [0.15, 0.2) is 0 Å². The van der Waals surface area contributed by atoms with E-state index in [1.54, 1.807) is 16.4 Å². The zero-order valence-corrected chi connectivity index (χ0v) is 12.1. The van der Waals surface area contributed by atoms with Crippen LogP contribution in [0, 0.1) is 13.8 Å². The van der Waals surface area contributed by atoms with Crippen molar-refractivity contribution in [3.05, 3.63) is 17.0 Å². The molecule has 0 aliphatic carbocycles. The van der Waals surface area contributed by atoms with Crippen molar-refractivity contribution in [1.82, 2.24) is 14.7 Å². The standard InChI is InChI=1S/C12H21N3OS/c1-6-7-15(8-17-5)12(16)11-9(2)13-14(4)10(11)3/h6-8H2,1-5H3. The summed E-state index contributed by atoms with van der Waals surface area (Å²) in [5, 5.41) is 4.30. The van der Waals surface area contributed by atoms with Crippen LogP contribution in [0.25, 0.3) is 0 Å². The molecule has 0 fully saturated rings. The Morgan fingerprint density at radius 2 is 2.12 bits per heavy atom. The van der Waals surface area contributed by atoms with Gasteiger partial charge in [-0.25, -0.2) is 0 Å². The van der Waals surface area contributed by atoms with Crippen LogP contribution in [-0.4, -0.2) is 39.3 Å². The van der Waals surface area contributed by atoms with Crippen molar-refractivity contribution < 1.29 is 4.79 Å². The molecule has 1 aromatic heterocycles. The highest BCUT2D eigenvalue weighted by molar-refractivity contribution is 7.98. The monoisotopic (exact) mass is 255 g/mol. The lowest BCUT2D eigenvalue weighted by Gasteiger charge is -2.21. The number of carbonyl (C=O) groups excluding carboxylic acids is 1. The highest BCUT2D eigenvalue weighted by atomic mass is 32.2. The van der Waals surface area contributed by atoms with E-state index >= 15 is 0 Å². The van der Waals surface area contributed by atoms with Crippen molar-refractivity contribution in [3.8, 4) is 0 Å². The normalized spacial score (nSPS) is 10.6. The van der Waals surface area contributed by atoms with Gasteiger partial charge in [-0.1, -0.05) is 6.92 Å². The zero-order valence-electron chi connectivity index (χ0n) is 11.3. The van der Waals surface area contributed by atoms with Crippen molar-refractivity contribution in [2.45, 2.75) is 27.2 Å². The van der Waals surface area contributed by atoms with Crippen molar-refractivity contribution in [2.75, 3.05) is 18.7 Å². The van der Waals surface area contributed by atoms with Crippen molar-refractivity contribution in [3.63, 3.8) is 0 Å². The third kappa shape index (κ3) is 3.03. The molecular formula is C12H21N3OS. The molecule has 0 atom stereocenters. The maximum atomic E-state index is 12.4. The molecule has 0 bridgehead atoms. The van der Waals surface area contributed by atoms with Crippen LogP contribution < -0.4 is 0 Å². The van der Waals surface area contributed by atoms with E-state index in [9.17, 15) is 4.79 Å². The van der Waals surface area contributed by atoms with Crippen LogP contribution in [0.4, 0.5) is 0 Å². The summed E-state index contributed by atoms with van der Waals surface area (Å²) in [7, 11) is 1.87. The van der Waals surface area contributed by atoms with E-state index in [2.05, 4.69) is 12.0 Å². The van der Waals surface area contributed by atoms with Gasteiger partial charge in [0.1, 0.15) is 0 Å². The van der Waals surface area contributed by atoms with Gasteiger partial charge in [-0.05, 0) is 26.5 Å². The molecule has 1 heterocycles. The van der Waals surface area contributed by atoms with E-state index in [0.717, 1.165) is 35.8 Å². The third-order valence-electron chi connectivity index (χ3n) is 2.79. The minimum absolute atomic E-state index is 0.101. The Morgan fingerprint density at radius 3 is 2.53 bits per heavy atom. The average Bonchev–Trinajstić information content (AvgIpc) is 2.52. The minimum atomic E-state index is 0.101. The first-order chi connectivity index (χ1) is 8.02. The van der Waals surface area contributed by atoms with Gasteiger partial charge in [-0.3, -0.25) is 9.48 Å². The number of amides is 1. The van der Waals surface area contributed by atoms with Gasteiger partial charge in [0.15, 0.2) is 0 Å². The van der Waals surface area contributed by atoms with Gasteiger partial charge in [0.2, 0.25) is 0 Å². The van der Waals surface area contributed by atoms with Gasteiger partial charge < -0.3 is 4.90 Å². The Bertz CT molecular complexity index is 395. The van der Waals surface area contributed by atoms with Crippen LogP contribution >= 0.6 is 11.8 Å². The number of carbonyl (C=O) groups is 1. The van der Waals surface area contributed by atoms with Crippen LogP contribution in [0.5, 0.6) is 0 Å². The fraction of sp³-hybridized carbons (Fsp3) is 0.667. The first kappa shape index (κ1) is 14.1. The van der Waals surface area contributed by atoms with Crippen molar-refractivity contribution in [1.29, 1.82) is 0 Å². The van der Waals surface area contributed by atoms with Crippen LogP contribution in [-0.2, 0) is 7.05 Å². The Hall–Kier alpha value is -0.970. The van der Waals surface area contributed by atoms with E-state index in [4.69, 9.17) is 0 Å². The lowest BCUT2D eigenvalue weighted by atomic mass is 10.1. The Balaban J connectivity index is 3.00. The summed E-state index contributed by atoms with van der Waals surface area (Å²) in [6.07, 6.45) is 2.99. The summed E-state index contributed by atoms with van der Waals surface area (Å²) in [5.74, 6) is 0.838. The number of thioether (sulfide) groups is 1. The molecule has 4 nitrogen and oxygen atoms in total. The number of rotatable bonds is 5. The summed E-state index contributed by atoms with van der Waals surface area (Å²) >= 11 is 1.67. The third-order valence-corrected chi connectivity index (χ3v) is 3.36. The van der Waals surface area contributed by atoms with Crippen LogP contribution in [0.2, 0.25) is 0 Å². The second-order valence-corrected chi connectivity index (χ2v) is 4.99. The second kappa shape index (κ2) is 6.10. The number of hydrogen-bond donors (Lipinski definition) is 0. The quantitative estimate of drug-likeness (QED) is 0.757. The Morgan fingerprint density at radius 1 is 1.47 bits per heavy atom. The van der Waals surface area contributed by atoms with E-state index in [1.165, 1.54) is 0 Å². The SMILES string of the molecule is CCCN(CSC)C(=O)c1c(C)nn(C)c1C. The molecule has 5 heteroatoms. The molecule has 1 rings (SSSR count). The van der Waals surface area contributed by atoms with Gasteiger partial charge in [-0.15, -0.1) is 11.8 Å². The average molecular weight is 255 g/mol. The zero-order chi connectivity index (χ0) is 13.0. The summed E-state index contributed by atoms with van der Waals surface area (Å²) in [5.41, 5.74) is 2.52. The van der Waals surface area contributed by atoms with Gasteiger partial charge in [0, 0.05) is 19.3 Å². The van der Waals surface area contributed by atoms with E-state index in [1.807, 2.05) is 32.1 Å². The predicted molar refractivity (Wildman–Crippen MR) is 72.4 cm³/mol. The van der Waals surface area contributed by atoms with Crippen molar-refractivity contribution >= 4 is 17.7 Å². The van der Waals surface area contributed by atoms with Gasteiger partial charge in [-0.2, -0.15) is 5.10 Å². The van der Waals surface area contributed by atoms with Gasteiger partial charge in [0.25, 0.3) is 5.91 Å². The number of aryl methyl sites for hydroxylation is 2. The smallest absolute Gasteiger partial charge is 0.258 e. The number of aromatic nitrogens is 2. The van der Waals surface area contributed by atoms with Crippen LogP contribution in [0.1, 0.15) is 35.1 Å². The molecule has 0 aliphatic rings. The van der Waals surface area contributed by atoms with Crippen molar-refractivity contribution in [2.24, 2.45) is 7.05 Å². The second-order valence-electron chi connectivity index (χ2n) is 4.16. The Labute approximate surface area is 107 Å². The fourth-order valence-electron chi connectivity index (χ4n) is 1.89. The van der Waals surface area contributed by atoms with Crippen LogP contribution in [0.3, 0.4) is 0 Å². The summed E-state index contributed by atoms with van der Waals surface area (Å²) in [4.78, 5) is 14.3. The van der Waals surface area contributed by atoms with E-state index < -0.39 is 0 Å². The van der Waals surface area contributed by atoms with E-state index in [-0.39, 0.29) is 5.91 Å². The maximum absolute atomic E-state index is 12.4. The maximum Gasteiger partial charge on any atom is 0.258 e. The summed E-state index contributed by atoms with van der Waals surface area (Å²) in [6.45, 7) is 6.72. The first-order valence-corrected chi connectivity index (χ1v) is 7.20. The van der Waals surface area contributed by atoms with Gasteiger partial charge in [0.05, 0.1) is 17.1 Å². The molecule has 0 radical (unpaired) electrons. The minimum Gasteiger partial charge on any atom is -0.329 e. The molecule has 0 N–H and O–H groups in total. The summed E-state index contributed by atoms with van der Waals surface area (Å²) in [6, 6.07) is 0. The molecular weight excluding hydrogens is 234 g/mol. The lowest BCUT2D eigenvalue weighted by molar-refractivity contribution is 0.0784. The summed E-state index contributed by atoms with van der Waals surface area (Å²) < 4.78 is 1.77. The molecule has 0 saturated carbocycles. The highest BCUT2D eigenvalue weighted by Crippen LogP contribution is 2.16. The molecule has 1 amide bonds.